The molecule has 2 rings (SSSR count). The number of carbonyl (C=O) groups is 1. The van der Waals surface area contributed by atoms with Crippen LogP contribution in [0.2, 0.25) is 0 Å². The summed E-state index contributed by atoms with van der Waals surface area (Å²) in [7, 11) is 3.70. The van der Waals surface area contributed by atoms with E-state index in [0.717, 1.165) is 12.3 Å². The molecular weight excluding hydrogens is 208 g/mol. The Hall–Kier alpha value is -0.380. The van der Waals surface area contributed by atoms with Crippen LogP contribution in [0, 0.1) is 0 Å². The van der Waals surface area contributed by atoms with Gasteiger partial charge in [-0.25, -0.2) is 4.79 Å². The zero-order chi connectivity index (χ0) is 10.8. The van der Waals surface area contributed by atoms with Crippen LogP contribution >= 0.6 is 11.8 Å². The lowest BCUT2D eigenvalue weighted by molar-refractivity contribution is 0.137. The molecule has 3 nitrogen and oxygen atoms in total. The summed E-state index contributed by atoms with van der Waals surface area (Å²) in [5.74, 6) is 1.11. The molecule has 4 heteroatoms. The summed E-state index contributed by atoms with van der Waals surface area (Å²) >= 11 is 2.07. The van der Waals surface area contributed by atoms with E-state index < -0.39 is 0 Å². The molecule has 0 aromatic rings. The Morgan fingerprint density at radius 2 is 2.07 bits per heavy atom. The van der Waals surface area contributed by atoms with Gasteiger partial charge in [0.1, 0.15) is 0 Å². The van der Waals surface area contributed by atoms with Gasteiger partial charge in [0.2, 0.25) is 0 Å². The number of thioether (sulfide) groups is 1. The van der Waals surface area contributed by atoms with Crippen molar-refractivity contribution in [1.29, 1.82) is 0 Å². The van der Waals surface area contributed by atoms with Gasteiger partial charge in [0, 0.05) is 37.7 Å². The van der Waals surface area contributed by atoms with Crippen molar-refractivity contribution >= 4 is 17.8 Å². The third kappa shape index (κ3) is 2.25. The number of hydrogen-bond acceptors (Lipinski definition) is 2. The van der Waals surface area contributed by atoms with E-state index in [9.17, 15) is 4.79 Å². The number of urea groups is 1. The van der Waals surface area contributed by atoms with Crippen molar-refractivity contribution in [2.45, 2.75) is 37.0 Å². The Bertz CT molecular complexity index is 243. The molecule has 2 amide bonds. The molecule has 15 heavy (non-hydrogen) atoms. The third-order valence-corrected chi connectivity index (χ3v) is 4.76. The van der Waals surface area contributed by atoms with Gasteiger partial charge in [-0.1, -0.05) is 12.8 Å². The largest absolute Gasteiger partial charge is 0.331 e. The van der Waals surface area contributed by atoms with Crippen LogP contribution in [-0.4, -0.2) is 53.5 Å². The highest BCUT2D eigenvalue weighted by Crippen LogP contribution is 2.35. The fourth-order valence-corrected chi connectivity index (χ4v) is 4.03. The molecule has 2 unspecified atom stereocenters. The van der Waals surface area contributed by atoms with E-state index in [1.165, 1.54) is 25.7 Å². The molecule has 2 aliphatic rings. The summed E-state index contributed by atoms with van der Waals surface area (Å²) < 4.78 is 0. The van der Waals surface area contributed by atoms with Gasteiger partial charge in [-0.15, -0.1) is 0 Å². The van der Waals surface area contributed by atoms with Gasteiger partial charge in [0.15, 0.2) is 0 Å². The normalized spacial score (nSPS) is 30.9. The zero-order valence-corrected chi connectivity index (χ0v) is 10.4. The monoisotopic (exact) mass is 228 g/mol. The summed E-state index contributed by atoms with van der Waals surface area (Å²) in [6.45, 7) is 0.933. The molecule has 1 aliphatic carbocycles. The fourth-order valence-electron chi connectivity index (χ4n) is 2.59. The second-order valence-electron chi connectivity index (χ2n) is 4.63. The molecule has 0 bridgehead atoms. The maximum Gasteiger partial charge on any atom is 0.319 e. The average molecular weight is 228 g/mol. The minimum absolute atomic E-state index is 0.201. The summed E-state index contributed by atoms with van der Waals surface area (Å²) in [5, 5.41) is 0.705. The maximum atomic E-state index is 12.0. The van der Waals surface area contributed by atoms with Gasteiger partial charge in [0.05, 0.1) is 0 Å². The lowest BCUT2D eigenvalue weighted by Gasteiger charge is -2.44. The predicted molar refractivity (Wildman–Crippen MR) is 64.3 cm³/mol. The summed E-state index contributed by atoms with van der Waals surface area (Å²) in [4.78, 5) is 15.8. The summed E-state index contributed by atoms with van der Waals surface area (Å²) in [6, 6.07) is 0.708. The van der Waals surface area contributed by atoms with Crippen molar-refractivity contribution in [3.05, 3.63) is 0 Å². The van der Waals surface area contributed by atoms with Gasteiger partial charge < -0.3 is 9.80 Å². The van der Waals surface area contributed by atoms with E-state index in [-0.39, 0.29) is 6.03 Å². The highest BCUT2D eigenvalue weighted by atomic mass is 32.2. The smallest absolute Gasteiger partial charge is 0.319 e. The van der Waals surface area contributed by atoms with Crippen LogP contribution in [0.1, 0.15) is 25.7 Å². The number of amides is 2. The molecular formula is C11H20N2OS. The van der Waals surface area contributed by atoms with Gasteiger partial charge >= 0.3 is 6.03 Å². The number of fused-ring (bicyclic) bond motifs is 1. The molecule has 2 fully saturated rings. The first-order valence-corrected chi connectivity index (χ1v) is 6.84. The zero-order valence-electron chi connectivity index (χ0n) is 9.61. The topological polar surface area (TPSA) is 23.6 Å². The average Bonchev–Trinajstić information content (AvgIpc) is 2.27. The van der Waals surface area contributed by atoms with E-state index in [2.05, 4.69) is 16.7 Å². The first-order valence-electron chi connectivity index (χ1n) is 5.79. The molecule has 1 saturated carbocycles. The van der Waals surface area contributed by atoms with Gasteiger partial charge in [-0.2, -0.15) is 11.8 Å². The van der Waals surface area contributed by atoms with Gasteiger partial charge in [-0.05, 0) is 12.8 Å². The van der Waals surface area contributed by atoms with E-state index >= 15 is 0 Å². The van der Waals surface area contributed by atoms with Crippen LogP contribution in [0.15, 0.2) is 0 Å². The number of hydrogen-bond donors (Lipinski definition) is 0. The predicted octanol–water partition coefficient (Wildman–Crippen LogP) is 2.03. The Morgan fingerprint density at radius 3 is 2.80 bits per heavy atom. The molecule has 0 spiro atoms. The molecule has 86 valence electrons. The molecule has 0 N–H and O–H groups in total. The minimum Gasteiger partial charge on any atom is -0.331 e. The Labute approximate surface area is 96.2 Å². The standard InChI is InChI=1S/C11H20N2OS/c1-12(2)11(14)13-7-8-15-10-6-4-3-5-9(10)13/h9-10H,3-8H2,1-2H3. The van der Waals surface area contributed by atoms with Crippen molar-refractivity contribution in [2.24, 2.45) is 0 Å². The second kappa shape index (κ2) is 4.64. The van der Waals surface area contributed by atoms with Crippen molar-refractivity contribution < 1.29 is 4.79 Å². The van der Waals surface area contributed by atoms with Gasteiger partial charge in [0.25, 0.3) is 0 Å². The van der Waals surface area contributed by atoms with Crippen molar-refractivity contribution in [1.82, 2.24) is 9.80 Å². The highest BCUT2D eigenvalue weighted by molar-refractivity contribution is 8.00. The number of rotatable bonds is 0. The first kappa shape index (κ1) is 11.1. The van der Waals surface area contributed by atoms with Crippen LogP contribution in [0.4, 0.5) is 4.79 Å². The van der Waals surface area contributed by atoms with E-state index in [4.69, 9.17) is 0 Å². The van der Waals surface area contributed by atoms with Crippen LogP contribution < -0.4 is 0 Å². The molecule has 0 radical (unpaired) electrons. The Kier molecular flexibility index (Phi) is 3.44. The van der Waals surface area contributed by atoms with Crippen LogP contribution in [0.5, 0.6) is 0 Å². The summed E-state index contributed by atoms with van der Waals surface area (Å²) in [5.41, 5.74) is 0. The van der Waals surface area contributed by atoms with Gasteiger partial charge in [-0.3, -0.25) is 0 Å². The molecule has 1 heterocycles. The molecule has 0 aromatic carbocycles. The van der Waals surface area contributed by atoms with E-state index in [0.29, 0.717) is 11.3 Å². The second-order valence-corrected chi connectivity index (χ2v) is 5.98. The fraction of sp³-hybridized carbons (Fsp3) is 0.909. The van der Waals surface area contributed by atoms with E-state index in [1.54, 1.807) is 4.90 Å². The highest BCUT2D eigenvalue weighted by Gasteiger charge is 2.36. The Balaban J connectivity index is 2.06. The lowest BCUT2D eigenvalue weighted by atomic mass is 9.93. The molecule has 2 atom stereocenters. The van der Waals surface area contributed by atoms with E-state index in [1.807, 2.05) is 14.1 Å². The van der Waals surface area contributed by atoms with Crippen molar-refractivity contribution in [3.8, 4) is 0 Å². The molecule has 0 aromatic heterocycles. The first-order chi connectivity index (χ1) is 7.20. The minimum atomic E-state index is 0.201. The van der Waals surface area contributed by atoms with Crippen molar-refractivity contribution in [3.63, 3.8) is 0 Å². The number of nitrogens with zero attached hydrogens (tertiary/aromatic N) is 2. The van der Waals surface area contributed by atoms with Crippen LogP contribution in [-0.2, 0) is 0 Å². The lowest BCUT2D eigenvalue weighted by Crippen LogP contribution is -2.54. The van der Waals surface area contributed by atoms with Crippen molar-refractivity contribution in [2.75, 3.05) is 26.4 Å². The van der Waals surface area contributed by atoms with Crippen LogP contribution in [0.3, 0.4) is 0 Å². The molecule has 1 saturated heterocycles. The maximum absolute atomic E-state index is 12.0. The SMILES string of the molecule is CN(C)C(=O)N1CCSC2CCCCC21. The summed E-state index contributed by atoms with van der Waals surface area (Å²) in [6.07, 6.45) is 5.14. The third-order valence-electron chi connectivity index (χ3n) is 3.36. The quantitative estimate of drug-likeness (QED) is 0.633. The Morgan fingerprint density at radius 1 is 1.33 bits per heavy atom. The van der Waals surface area contributed by atoms with Crippen LogP contribution in [0.25, 0.3) is 0 Å². The molecule has 1 aliphatic heterocycles. The number of carbonyl (C=O) groups excluding carboxylic acids is 1.